The molecule has 6 atom stereocenters. The van der Waals surface area contributed by atoms with Crippen LogP contribution in [0.15, 0.2) is 0 Å². The quantitative estimate of drug-likeness (QED) is 0.629. The van der Waals surface area contributed by atoms with Gasteiger partial charge in [-0.2, -0.15) is 0 Å². The maximum absolute atomic E-state index is 2.61. The second-order valence-corrected chi connectivity index (χ2v) is 9.47. The van der Waals surface area contributed by atoms with E-state index in [1.165, 1.54) is 32.2 Å². The van der Waals surface area contributed by atoms with Crippen LogP contribution in [0.4, 0.5) is 0 Å². The summed E-state index contributed by atoms with van der Waals surface area (Å²) in [6.45, 7) is 20.9. The summed E-state index contributed by atoms with van der Waals surface area (Å²) in [6.07, 6.45) is 5.22. The van der Waals surface area contributed by atoms with Gasteiger partial charge in [0.1, 0.15) is 0 Å². The average molecular weight is 339 g/mol. The van der Waals surface area contributed by atoms with Crippen LogP contribution >= 0.6 is 0 Å². The number of likely N-dealkylation sites (tertiary alicyclic amines) is 1. The number of rotatable bonds is 6. The molecule has 0 bridgehead atoms. The van der Waals surface area contributed by atoms with Crippen LogP contribution in [-0.4, -0.2) is 48.6 Å². The molecule has 0 N–H and O–H groups in total. The fraction of sp³-hybridized carbons (Fsp3) is 1.00. The van der Waals surface area contributed by atoms with Crippen LogP contribution in [0.1, 0.15) is 81.1 Å². The standard InChI is InChI=1S/C22H46N2/c1-11-12-23(9)19(5)13-16(2)22(8)17(3)14-20(6)24(10)21(7)15-18(22)4/h16-21H,11-15H2,1-10H3. The van der Waals surface area contributed by atoms with Gasteiger partial charge in [-0.1, -0.05) is 34.6 Å². The van der Waals surface area contributed by atoms with E-state index in [-0.39, 0.29) is 0 Å². The number of hydrogen-bond donors (Lipinski definition) is 0. The third-order valence-corrected chi connectivity index (χ3v) is 7.99. The van der Waals surface area contributed by atoms with Crippen molar-refractivity contribution in [2.24, 2.45) is 23.2 Å². The smallest absolute Gasteiger partial charge is 0.00694 e. The highest BCUT2D eigenvalue weighted by Gasteiger charge is 2.44. The fourth-order valence-electron chi connectivity index (χ4n) is 5.27. The summed E-state index contributed by atoms with van der Waals surface area (Å²) in [5.74, 6) is 2.31. The van der Waals surface area contributed by atoms with Crippen LogP contribution in [0.3, 0.4) is 0 Å². The molecule has 1 rings (SSSR count). The molecular formula is C22H46N2. The molecule has 0 aromatic carbocycles. The Hall–Kier alpha value is -0.0800. The average Bonchev–Trinajstić information content (AvgIpc) is 2.51. The molecule has 1 aliphatic heterocycles. The minimum Gasteiger partial charge on any atom is -0.304 e. The van der Waals surface area contributed by atoms with Gasteiger partial charge in [-0.05, 0) is 90.3 Å². The highest BCUT2D eigenvalue weighted by molar-refractivity contribution is 4.95. The highest BCUT2D eigenvalue weighted by atomic mass is 15.2. The van der Waals surface area contributed by atoms with Crippen molar-refractivity contribution in [1.82, 2.24) is 9.80 Å². The predicted octanol–water partition coefficient (Wildman–Crippen LogP) is 5.52. The van der Waals surface area contributed by atoms with Crippen molar-refractivity contribution in [2.45, 2.75) is 99.2 Å². The molecule has 1 saturated heterocycles. The van der Waals surface area contributed by atoms with Crippen LogP contribution in [-0.2, 0) is 0 Å². The van der Waals surface area contributed by atoms with Crippen molar-refractivity contribution in [3.05, 3.63) is 0 Å². The van der Waals surface area contributed by atoms with Gasteiger partial charge in [0.15, 0.2) is 0 Å². The molecule has 1 fully saturated rings. The molecule has 0 saturated carbocycles. The summed E-state index contributed by atoms with van der Waals surface area (Å²) in [5.41, 5.74) is 0.436. The first-order valence-electron chi connectivity index (χ1n) is 10.5. The van der Waals surface area contributed by atoms with Crippen LogP contribution in [0, 0.1) is 23.2 Å². The normalized spacial score (nSPS) is 38.6. The third kappa shape index (κ3) is 4.75. The van der Waals surface area contributed by atoms with Crippen molar-refractivity contribution in [3.8, 4) is 0 Å². The van der Waals surface area contributed by atoms with Gasteiger partial charge in [0.2, 0.25) is 0 Å². The molecule has 0 spiro atoms. The van der Waals surface area contributed by atoms with Gasteiger partial charge in [-0.3, -0.25) is 0 Å². The van der Waals surface area contributed by atoms with E-state index in [1.807, 2.05) is 0 Å². The number of nitrogens with zero attached hydrogens (tertiary/aromatic N) is 2. The lowest BCUT2D eigenvalue weighted by Gasteiger charge is -2.52. The fourth-order valence-corrected chi connectivity index (χ4v) is 5.27. The van der Waals surface area contributed by atoms with Crippen LogP contribution < -0.4 is 0 Å². The van der Waals surface area contributed by atoms with Crippen molar-refractivity contribution in [2.75, 3.05) is 20.6 Å². The van der Waals surface area contributed by atoms with E-state index in [9.17, 15) is 0 Å². The van der Waals surface area contributed by atoms with Crippen molar-refractivity contribution < 1.29 is 0 Å². The summed E-state index contributed by atoms with van der Waals surface area (Å²) in [4.78, 5) is 5.16. The Labute approximate surface area is 153 Å². The molecule has 1 heterocycles. The van der Waals surface area contributed by atoms with Crippen LogP contribution in [0.2, 0.25) is 0 Å². The molecule has 24 heavy (non-hydrogen) atoms. The van der Waals surface area contributed by atoms with Crippen LogP contribution in [0.5, 0.6) is 0 Å². The van der Waals surface area contributed by atoms with E-state index >= 15 is 0 Å². The molecule has 0 aliphatic carbocycles. The van der Waals surface area contributed by atoms with E-state index < -0.39 is 0 Å². The molecule has 2 heteroatoms. The maximum Gasteiger partial charge on any atom is 0.00694 e. The first-order chi connectivity index (χ1) is 11.0. The highest BCUT2D eigenvalue weighted by Crippen LogP contribution is 2.49. The Bertz CT molecular complexity index is 349. The Balaban J connectivity index is 2.94. The van der Waals surface area contributed by atoms with Gasteiger partial charge in [-0.15, -0.1) is 0 Å². The second kappa shape index (κ2) is 9.03. The lowest BCUT2D eigenvalue weighted by Crippen LogP contribution is -2.49. The zero-order valence-corrected chi connectivity index (χ0v) is 18.4. The minimum atomic E-state index is 0.436. The monoisotopic (exact) mass is 338 g/mol. The van der Waals surface area contributed by atoms with Crippen molar-refractivity contribution in [3.63, 3.8) is 0 Å². The van der Waals surface area contributed by atoms with Crippen molar-refractivity contribution in [1.29, 1.82) is 0 Å². The van der Waals surface area contributed by atoms with Gasteiger partial charge in [0, 0.05) is 18.1 Å². The predicted molar refractivity (Wildman–Crippen MR) is 109 cm³/mol. The molecule has 0 radical (unpaired) electrons. The van der Waals surface area contributed by atoms with Gasteiger partial charge < -0.3 is 9.80 Å². The summed E-state index contributed by atoms with van der Waals surface area (Å²) in [6, 6.07) is 2.06. The van der Waals surface area contributed by atoms with Gasteiger partial charge in [0.05, 0.1) is 0 Å². The van der Waals surface area contributed by atoms with E-state index in [0.29, 0.717) is 23.5 Å². The first-order valence-corrected chi connectivity index (χ1v) is 10.5. The third-order valence-electron chi connectivity index (χ3n) is 7.99. The summed E-state index contributed by atoms with van der Waals surface area (Å²) >= 11 is 0. The van der Waals surface area contributed by atoms with E-state index in [4.69, 9.17) is 0 Å². The van der Waals surface area contributed by atoms with E-state index in [1.54, 1.807) is 0 Å². The van der Waals surface area contributed by atoms with Gasteiger partial charge in [0.25, 0.3) is 0 Å². The van der Waals surface area contributed by atoms with Crippen molar-refractivity contribution >= 4 is 0 Å². The molecule has 1 aliphatic rings. The number of hydrogen-bond acceptors (Lipinski definition) is 2. The van der Waals surface area contributed by atoms with E-state index in [2.05, 4.69) is 79.3 Å². The Morgan fingerprint density at radius 1 is 1.04 bits per heavy atom. The summed E-state index contributed by atoms with van der Waals surface area (Å²) in [7, 11) is 4.62. The molecule has 0 aromatic rings. The second-order valence-electron chi connectivity index (χ2n) is 9.47. The lowest BCUT2D eigenvalue weighted by molar-refractivity contribution is -0.0248. The molecule has 2 nitrogen and oxygen atoms in total. The molecule has 0 amide bonds. The van der Waals surface area contributed by atoms with Gasteiger partial charge >= 0.3 is 0 Å². The zero-order chi connectivity index (χ0) is 18.7. The Morgan fingerprint density at radius 3 is 1.92 bits per heavy atom. The molecular weight excluding hydrogens is 292 g/mol. The zero-order valence-electron chi connectivity index (χ0n) is 18.4. The maximum atomic E-state index is 2.61. The largest absolute Gasteiger partial charge is 0.304 e. The Morgan fingerprint density at radius 2 is 1.50 bits per heavy atom. The molecule has 6 unspecified atom stereocenters. The topological polar surface area (TPSA) is 6.48 Å². The molecule has 0 aromatic heterocycles. The summed E-state index contributed by atoms with van der Waals surface area (Å²) < 4.78 is 0. The van der Waals surface area contributed by atoms with Gasteiger partial charge in [-0.25, -0.2) is 0 Å². The lowest BCUT2D eigenvalue weighted by atomic mass is 9.57. The van der Waals surface area contributed by atoms with Crippen LogP contribution in [0.25, 0.3) is 0 Å². The SMILES string of the molecule is CCCN(C)C(C)CC(C)C1(C)C(C)CC(C)N(C)C(C)CC1C. The Kier molecular flexibility index (Phi) is 8.26. The summed E-state index contributed by atoms with van der Waals surface area (Å²) in [5, 5.41) is 0. The first kappa shape index (κ1) is 22.0. The minimum absolute atomic E-state index is 0.436. The van der Waals surface area contributed by atoms with E-state index in [0.717, 1.165) is 17.8 Å². The molecule has 144 valence electrons.